The molecule has 0 amide bonds. The van der Waals surface area contributed by atoms with Crippen LogP contribution in [-0.2, 0) is 6.54 Å². The number of pyridine rings is 1. The van der Waals surface area contributed by atoms with Crippen LogP contribution in [0.4, 0.5) is 5.69 Å². The Balaban J connectivity index is 2.44. The van der Waals surface area contributed by atoms with E-state index in [0.717, 1.165) is 45.0 Å². The number of hydrogen-bond donors (Lipinski definition) is 1. The molecule has 0 aromatic carbocycles. The fourth-order valence-electron chi connectivity index (χ4n) is 2.51. The van der Waals surface area contributed by atoms with Crippen LogP contribution in [0.5, 0.6) is 0 Å². The highest BCUT2D eigenvalue weighted by molar-refractivity contribution is 5.42. The number of aromatic nitrogens is 1. The van der Waals surface area contributed by atoms with Crippen molar-refractivity contribution in [3.05, 3.63) is 24.0 Å². The van der Waals surface area contributed by atoms with Crippen LogP contribution < -0.4 is 5.32 Å². The lowest BCUT2D eigenvalue weighted by Crippen LogP contribution is -2.30. The number of nitrogens with one attached hydrogen (secondary N) is 1. The summed E-state index contributed by atoms with van der Waals surface area (Å²) in [7, 11) is 0. The number of anilines is 1. The fraction of sp³-hybridized carbons (Fsp3) is 0.706. The first-order valence-corrected chi connectivity index (χ1v) is 8.36. The summed E-state index contributed by atoms with van der Waals surface area (Å²) in [6, 6.07) is 4.19. The molecule has 1 aromatic heterocycles. The monoisotopic (exact) mass is 292 g/mol. The molecule has 0 aliphatic rings. The molecular formula is C17H32N4. The summed E-state index contributed by atoms with van der Waals surface area (Å²) in [6.07, 6.45) is 3.12. The molecule has 1 rings (SSSR count). The number of nitrogens with zero attached hydrogens (tertiary/aromatic N) is 3. The van der Waals surface area contributed by atoms with Crippen molar-refractivity contribution in [2.24, 2.45) is 0 Å². The molecule has 0 unspecified atom stereocenters. The summed E-state index contributed by atoms with van der Waals surface area (Å²) < 4.78 is 0. The second-order valence-corrected chi connectivity index (χ2v) is 5.32. The van der Waals surface area contributed by atoms with E-state index in [1.165, 1.54) is 18.7 Å². The molecular weight excluding hydrogens is 260 g/mol. The van der Waals surface area contributed by atoms with Crippen LogP contribution in [0.3, 0.4) is 0 Å². The van der Waals surface area contributed by atoms with Gasteiger partial charge in [0.2, 0.25) is 0 Å². The number of hydrogen-bond acceptors (Lipinski definition) is 4. The van der Waals surface area contributed by atoms with Gasteiger partial charge in [-0.3, -0.25) is 9.88 Å². The Labute approximate surface area is 130 Å². The first-order valence-electron chi connectivity index (χ1n) is 8.36. The highest BCUT2D eigenvalue weighted by atomic mass is 15.1. The molecule has 0 bridgehead atoms. The van der Waals surface area contributed by atoms with E-state index in [1.807, 2.05) is 12.3 Å². The van der Waals surface area contributed by atoms with Crippen molar-refractivity contribution in [3.8, 4) is 0 Å². The van der Waals surface area contributed by atoms with Crippen molar-refractivity contribution in [2.75, 3.05) is 44.6 Å². The van der Waals surface area contributed by atoms with Crippen molar-refractivity contribution in [1.82, 2.24) is 14.8 Å². The highest BCUT2D eigenvalue weighted by Crippen LogP contribution is 2.10. The Kier molecular flexibility index (Phi) is 9.02. The topological polar surface area (TPSA) is 31.4 Å². The molecule has 0 aliphatic carbocycles. The first-order chi connectivity index (χ1) is 10.2. The zero-order chi connectivity index (χ0) is 15.5. The molecule has 1 aromatic rings. The Hall–Kier alpha value is -1.13. The summed E-state index contributed by atoms with van der Waals surface area (Å²) in [5, 5.41) is 3.35. The molecule has 0 aliphatic heterocycles. The molecule has 120 valence electrons. The summed E-state index contributed by atoms with van der Waals surface area (Å²) in [5.74, 6) is 0. The quantitative estimate of drug-likeness (QED) is 0.679. The molecule has 21 heavy (non-hydrogen) atoms. The molecule has 0 saturated heterocycles. The third-order valence-electron chi connectivity index (χ3n) is 3.87. The molecule has 1 heterocycles. The minimum absolute atomic E-state index is 0.938. The summed E-state index contributed by atoms with van der Waals surface area (Å²) in [4.78, 5) is 9.45. The molecule has 4 nitrogen and oxygen atoms in total. The molecule has 0 radical (unpaired) electrons. The predicted molar refractivity (Wildman–Crippen MR) is 91.8 cm³/mol. The lowest BCUT2D eigenvalue weighted by atomic mass is 10.2. The second kappa shape index (κ2) is 10.6. The average Bonchev–Trinajstić information content (AvgIpc) is 2.51. The molecule has 0 fully saturated rings. The highest BCUT2D eigenvalue weighted by Gasteiger charge is 2.06. The zero-order valence-electron chi connectivity index (χ0n) is 14.2. The van der Waals surface area contributed by atoms with Gasteiger partial charge in [0.25, 0.3) is 0 Å². The molecule has 0 atom stereocenters. The van der Waals surface area contributed by atoms with E-state index in [4.69, 9.17) is 0 Å². The van der Waals surface area contributed by atoms with Gasteiger partial charge < -0.3 is 10.2 Å². The van der Waals surface area contributed by atoms with Gasteiger partial charge in [-0.15, -0.1) is 0 Å². The van der Waals surface area contributed by atoms with E-state index in [1.54, 1.807) is 0 Å². The van der Waals surface area contributed by atoms with E-state index >= 15 is 0 Å². The van der Waals surface area contributed by atoms with Crippen molar-refractivity contribution in [2.45, 2.75) is 40.7 Å². The lowest BCUT2D eigenvalue weighted by Gasteiger charge is -2.23. The van der Waals surface area contributed by atoms with Crippen LogP contribution >= 0.6 is 0 Å². The van der Waals surface area contributed by atoms with Gasteiger partial charge >= 0.3 is 0 Å². The maximum Gasteiger partial charge on any atom is 0.0564 e. The van der Waals surface area contributed by atoms with E-state index in [-0.39, 0.29) is 0 Å². The Bertz CT molecular complexity index is 377. The minimum Gasteiger partial charge on any atom is -0.385 e. The fourth-order valence-corrected chi connectivity index (χ4v) is 2.51. The number of rotatable bonds is 11. The summed E-state index contributed by atoms with van der Waals surface area (Å²) in [6.45, 7) is 16.4. The smallest absolute Gasteiger partial charge is 0.0564 e. The van der Waals surface area contributed by atoms with E-state index in [2.05, 4.69) is 53.9 Å². The van der Waals surface area contributed by atoms with E-state index in [9.17, 15) is 0 Å². The Morgan fingerprint density at radius 1 is 1.00 bits per heavy atom. The minimum atomic E-state index is 0.938. The summed E-state index contributed by atoms with van der Waals surface area (Å²) >= 11 is 0. The van der Waals surface area contributed by atoms with Crippen molar-refractivity contribution < 1.29 is 0 Å². The van der Waals surface area contributed by atoms with Crippen LogP contribution in [0.15, 0.2) is 18.3 Å². The Morgan fingerprint density at radius 2 is 1.67 bits per heavy atom. The van der Waals surface area contributed by atoms with Crippen molar-refractivity contribution in [1.29, 1.82) is 0 Å². The third kappa shape index (κ3) is 6.91. The molecule has 1 N–H and O–H groups in total. The third-order valence-corrected chi connectivity index (χ3v) is 3.87. The predicted octanol–water partition coefficient (Wildman–Crippen LogP) is 3.07. The van der Waals surface area contributed by atoms with Gasteiger partial charge in [0, 0.05) is 25.0 Å². The molecule has 0 spiro atoms. The van der Waals surface area contributed by atoms with Gasteiger partial charge in [0.15, 0.2) is 0 Å². The van der Waals surface area contributed by atoms with Gasteiger partial charge in [-0.2, -0.15) is 0 Å². The van der Waals surface area contributed by atoms with Gasteiger partial charge in [-0.05, 0) is 58.2 Å². The maximum atomic E-state index is 4.49. The van der Waals surface area contributed by atoms with Crippen LogP contribution in [-0.4, -0.2) is 54.1 Å². The van der Waals surface area contributed by atoms with Crippen molar-refractivity contribution >= 4 is 5.69 Å². The van der Waals surface area contributed by atoms with Crippen LogP contribution in [0.1, 0.15) is 39.8 Å². The maximum absolute atomic E-state index is 4.49. The molecule has 0 saturated carbocycles. The van der Waals surface area contributed by atoms with Gasteiger partial charge in [-0.25, -0.2) is 0 Å². The van der Waals surface area contributed by atoms with Crippen LogP contribution in [0.25, 0.3) is 0 Å². The van der Waals surface area contributed by atoms with E-state index < -0.39 is 0 Å². The van der Waals surface area contributed by atoms with Gasteiger partial charge in [0.1, 0.15) is 0 Å². The molecule has 4 heteroatoms. The normalized spacial score (nSPS) is 11.3. The largest absolute Gasteiger partial charge is 0.385 e. The SMILES string of the molecule is CCNc1ccnc(CN(CC)CCCN(CC)CC)c1. The first kappa shape index (κ1) is 17.9. The summed E-state index contributed by atoms with van der Waals surface area (Å²) in [5.41, 5.74) is 2.32. The Morgan fingerprint density at radius 3 is 2.29 bits per heavy atom. The van der Waals surface area contributed by atoms with Crippen LogP contribution in [0, 0.1) is 0 Å². The second-order valence-electron chi connectivity index (χ2n) is 5.32. The zero-order valence-corrected chi connectivity index (χ0v) is 14.2. The van der Waals surface area contributed by atoms with Gasteiger partial charge in [-0.1, -0.05) is 20.8 Å². The van der Waals surface area contributed by atoms with Crippen molar-refractivity contribution in [3.63, 3.8) is 0 Å². The lowest BCUT2D eigenvalue weighted by molar-refractivity contribution is 0.237. The average molecular weight is 292 g/mol. The van der Waals surface area contributed by atoms with E-state index in [0.29, 0.717) is 0 Å². The van der Waals surface area contributed by atoms with Crippen LogP contribution in [0.2, 0.25) is 0 Å². The standard InChI is InChI=1S/C17H32N4/c1-5-18-16-10-11-19-17(14-16)15-21(8-4)13-9-12-20(6-2)7-3/h10-11,14H,5-9,12-13,15H2,1-4H3,(H,18,19). The van der Waals surface area contributed by atoms with Gasteiger partial charge in [0.05, 0.1) is 5.69 Å².